The molecule has 1 aliphatic heterocycles. The van der Waals surface area contributed by atoms with Crippen molar-refractivity contribution in [3.05, 3.63) is 66.3 Å². The van der Waals surface area contributed by atoms with E-state index >= 15 is 0 Å². The first-order valence-electron chi connectivity index (χ1n) is 9.43. The first-order valence-corrected chi connectivity index (χ1v) is 9.43. The summed E-state index contributed by atoms with van der Waals surface area (Å²) in [5, 5.41) is 11.7. The highest BCUT2D eigenvalue weighted by Crippen LogP contribution is 2.44. The maximum absolute atomic E-state index is 11.3. The SMILES string of the molecule is Cn1cnc(/C=C/C2=[N+](CCC(=O)O)c3ccc4ccccc4c3C2(C)C)c1. The molecule has 2 aromatic carbocycles. The molecule has 0 amide bonds. The topological polar surface area (TPSA) is 58.1 Å². The quantitative estimate of drug-likeness (QED) is 0.683. The van der Waals surface area contributed by atoms with E-state index in [2.05, 4.69) is 59.8 Å². The summed E-state index contributed by atoms with van der Waals surface area (Å²) in [7, 11) is 1.94. The summed E-state index contributed by atoms with van der Waals surface area (Å²) in [4.78, 5) is 15.6. The highest BCUT2D eigenvalue weighted by molar-refractivity contribution is 6.09. The number of hydrogen-bond acceptors (Lipinski definition) is 2. The average Bonchev–Trinajstić information content (AvgIpc) is 3.16. The Hall–Kier alpha value is -3.21. The molecular weight excluding hydrogens is 350 g/mol. The van der Waals surface area contributed by atoms with Gasteiger partial charge in [0.05, 0.1) is 17.4 Å². The second-order valence-corrected chi connectivity index (χ2v) is 7.78. The Kier molecular flexibility index (Phi) is 4.38. The Morgan fingerprint density at radius 3 is 2.71 bits per heavy atom. The van der Waals surface area contributed by atoms with Gasteiger partial charge < -0.3 is 9.67 Å². The van der Waals surface area contributed by atoms with Crippen LogP contribution in [0.3, 0.4) is 0 Å². The molecule has 0 unspecified atom stereocenters. The molecule has 3 aromatic rings. The number of carboxylic acid groups (broad SMARTS) is 1. The monoisotopic (exact) mass is 374 g/mol. The maximum Gasteiger partial charge on any atom is 0.309 e. The van der Waals surface area contributed by atoms with E-state index < -0.39 is 5.97 Å². The second-order valence-electron chi connectivity index (χ2n) is 7.78. The third-order valence-corrected chi connectivity index (χ3v) is 5.44. The van der Waals surface area contributed by atoms with Gasteiger partial charge >= 0.3 is 5.97 Å². The van der Waals surface area contributed by atoms with Crippen LogP contribution in [0.1, 0.15) is 31.5 Å². The van der Waals surface area contributed by atoms with Crippen LogP contribution in [0.5, 0.6) is 0 Å². The van der Waals surface area contributed by atoms with Gasteiger partial charge in [0.15, 0.2) is 12.3 Å². The van der Waals surface area contributed by atoms with Crippen molar-refractivity contribution in [2.45, 2.75) is 25.7 Å². The number of rotatable bonds is 5. The van der Waals surface area contributed by atoms with Gasteiger partial charge in [-0.3, -0.25) is 4.79 Å². The fourth-order valence-electron chi connectivity index (χ4n) is 4.17. The van der Waals surface area contributed by atoms with Crippen molar-refractivity contribution in [1.29, 1.82) is 0 Å². The molecule has 0 spiro atoms. The molecule has 0 radical (unpaired) electrons. The first-order chi connectivity index (χ1) is 13.4. The Morgan fingerprint density at radius 1 is 1.21 bits per heavy atom. The van der Waals surface area contributed by atoms with Crippen LogP contribution < -0.4 is 0 Å². The number of aromatic nitrogens is 2. The van der Waals surface area contributed by atoms with E-state index in [0.29, 0.717) is 6.54 Å². The van der Waals surface area contributed by atoms with Crippen LogP contribution in [0.25, 0.3) is 16.8 Å². The Bertz CT molecular complexity index is 1140. The fourth-order valence-corrected chi connectivity index (χ4v) is 4.17. The van der Waals surface area contributed by atoms with Crippen LogP contribution in [0.15, 0.2) is 55.0 Å². The molecular formula is C23H24N3O2+. The summed E-state index contributed by atoms with van der Waals surface area (Å²) in [6.07, 6.45) is 7.90. The van der Waals surface area contributed by atoms with E-state index in [0.717, 1.165) is 17.1 Å². The number of aryl methyl sites for hydroxylation is 1. The van der Waals surface area contributed by atoms with Gasteiger partial charge in [-0.2, -0.15) is 4.58 Å². The van der Waals surface area contributed by atoms with Crippen LogP contribution in [0, 0.1) is 0 Å². The molecule has 1 N–H and O–H groups in total. The summed E-state index contributed by atoms with van der Waals surface area (Å²) in [6.45, 7) is 4.85. The number of imidazole rings is 1. The smallest absolute Gasteiger partial charge is 0.309 e. The lowest BCUT2D eigenvalue weighted by atomic mass is 9.79. The molecule has 5 nitrogen and oxygen atoms in total. The van der Waals surface area contributed by atoms with Gasteiger partial charge in [0, 0.05) is 31.0 Å². The molecule has 0 saturated heterocycles. The first kappa shape index (κ1) is 18.2. The highest BCUT2D eigenvalue weighted by atomic mass is 16.4. The van der Waals surface area contributed by atoms with E-state index in [-0.39, 0.29) is 11.8 Å². The molecule has 0 bridgehead atoms. The number of allylic oxidation sites excluding steroid dienone is 1. The van der Waals surface area contributed by atoms with Crippen LogP contribution in [0.2, 0.25) is 0 Å². The average molecular weight is 374 g/mol. The summed E-state index contributed by atoms with van der Waals surface area (Å²) in [5.74, 6) is -0.792. The molecule has 1 aliphatic rings. The van der Waals surface area contributed by atoms with E-state index in [1.807, 2.05) is 30.0 Å². The second kappa shape index (κ2) is 6.75. The molecule has 142 valence electrons. The lowest BCUT2D eigenvalue weighted by Gasteiger charge is -2.17. The molecule has 0 atom stereocenters. The van der Waals surface area contributed by atoms with Crippen molar-refractivity contribution in [2.75, 3.05) is 6.54 Å². The molecule has 2 heterocycles. The van der Waals surface area contributed by atoms with Crippen molar-refractivity contribution in [3.63, 3.8) is 0 Å². The van der Waals surface area contributed by atoms with Crippen LogP contribution in [0.4, 0.5) is 5.69 Å². The fraction of sp³-hybridized carbons (Fsp3) is 0.261. The van der Waals surface area contributed by atoms with Crippen LogP contribution >= 0.6 is 0 Å². The summed E-state index contributed by atoms with van der Waals surface area (Å²) >= 11 is 0. The molecule has 0 saturated carbocycles. The highest BCUT2D eigenvalue weighted by Gasteiger charge is 2.45. The zero-order valence-corrected chi connectivity index (χ0v) is 16.4. The van der Waals surface area contributed by atoms with Gasteiger partial charge in [0.2, 0.25) is 5.69 Å². The number of carboxylic acids is 1. The Labute approximate surface area is 164 Å². The third-order valence-electron chi connectivity index (χ3n) is 5.44. The van der Waals surface area contributed by atoms with E-state index in [1.165, 1.54) is 16.3 Å². The van der Waals surface area contributed by atoms with Gasteiger partial charge in [-0.1, -0.05) is 24.3 Å². The van der Waals surface area contributed by atoms with Gasteiger partial charge in [-0.25, -0.2) is 4.98 Å². The summed E-state index contributed by atoms with van der Waals surface area (Å²) in [6, 6.07) is 12.6. The van der Waals surface area contributed by atoms with Crippen LogP contribution in [-0.4, -0.2) is 37.5 Å². The van der Waals surface area contributed by atoms with Crippen molar-refractivity contribution in [2.24, 2.45) is 7.05 Å². The predicted molar refractivity (Wildman–Crippen MR) is 111 cm³/mol. The maximum atomic E-state index is 11.3. The van der Waals surface area contributed by atoms with Gasteiger partial charge in [-0.15, -0.1) is 0 Å². The zero-order valence-electron chi connectivity index (χ0n) is 16.4. The van der Waals surface area contributed by atoms with Gasteiger partial charge in [0.25, 0.3) is 0 Å². The molecule has 1 aromatic heterocycles. The summed E-state index contributed by atoms with van der Waals surface area (Å²) in [5.41, 5.74) is 4.05. The minimum absolute atomic E-state index is 0.0866. The van der Waals surface area contributed by atoms with Crippen LogP contribution in [-0.2, 0) is 17.3 Å². The lowest BCUT2D eigenvalue weighted by molar-refractivity contribution is -0.436. The van der Waals surface area contributed by atoms with Crippen molar-refractivity contribution < 1.29 is 14.5 Å². The molecule has 5 heteroatoms. The van der Waals surface area contributed by atoms with Gasteiger partial charge in [-0.05, 0) is 36.8 Å². The Balaban J connectivity index is 1.88. The summed E-state index contributed by atoms with van der Waals surface area (Å²) < 4.78 is 4.06. The van der Waals surface area contributed by atoms with E-state index in [1.54, 1.807) is 6.33 Å². The molecule has 28 heavy (non-hydrogen) atoms. The number of nitrogens with zero attached hydrogens (tertiary/aromatic N) is 3. The van der Waals surface area contributed by atoms with E-state index in [4.69, 9.17) is 0 Å². The standard InChI is InChI=1S/C23H23N3O2/c1-23(2)20(11-9-17-14-25(3)15-24-17)26(13-12-21(27)28)19-10-8-16-6-4-5-7-18(16)22(19)23/h4-11,14-15H,12-13H2,1-3H3/p+1. The van der Waals surface area contributed by atoms with Crippen molar-refractivity contribution in [1.82, 2.24) is 9.55 Å². The molecule has 0 fully saturated rings. The van der Waals surface area contributed by atoms with Gasteiger partial charge in [0.1, 0.15) is 6.42 Å². The zero-order chi connectivity index (χ0) is 19.9. The minimum atomic E-state index is -0.792. The number of benzene rings is 2. The minimum Gasteiger partial charge on any atom is -0.481 e. The largest absolute Gasteiger partial charge is 0.481 e. The Morgan fingerprint density at radius 2 is 2.00 bits per heavy atom. The third kappa shape index (κ3) is 3.03. The van der Waals surface area contributed by atoms with Crippen molar-refractivity contribution in [3.8, 4) is 0 Å². The lowest BCUT2D eigenvalue weighted by Crippen LogP contribution is -2.28. The molecule has 0 aliphatic carbocycles. The predicted octanol–water partition coefficient (Wildman–Crippen LogP) is 4.14. The number of carbonyl (C=O) groups is 1. The van der Waals surface area contributed by atoms with E-state index in [9.17, 15) is 9.90 Å². The number of hydrogen-bond donors (Lipinski definition) is 1. The van der Waals surface area contributed by atoms with Crippen molar-refractivity contribution >= 4 is 34.2 Å². The number of fused-ring (bicyclic) bond motifs is 3. The number of aliphatic carboxylic acids is 1. The normalized spacial score (nSPS) is 15.5. The molecule has 4 rings (SSSR count).